The van der Waals surface area contributed by atoms with Crippen LogP contribution in [0.4, 0.5) is 0 Å². The predicted molar refractivity (Wildman–Crippen MR) is 64.1 cm³/mol. The first-order valence-electron chi connectivity index (χ1n) is 5.56. The lowest BCUT2D eigenvalue weighted by atomic mass is 10.2. The lowest BCUT2D eigenvalue weighted by molar-refractivity contribution is -0.122. The molecule has 0 spiro atoms. The van der Waals surface area contributed by atoms with E-state index in [1.54, 1.807) is 18.3 Å². The zero-order valence-electron chi connectivity index (χ0n) is 9.56. The Balaban J connectivity index is 2.09. The molecule has 2 atom stereocenters. The van der Waals surface area contributed by atoms with Crippen LogP contribution in [0.15, 0.2) is 6.20 Å². The zero-order valence-corrected chi connectivity index (χ0v) is 10.4. The standard InChI is InChI=1S/C11H17N3OS/c1-6-5-13-11(16-6)9(8-3-4-8)14-10(15)7(2)12/h5,7-9H,3-4,12H2,1-2H3,(H,14,15)/t7-,9?/m1/s1. The highest BCUT2D eigenvalue weighted by atomic mass is 32.1. The van der Waals surface area contributed by atoms with Gasteiger partial charge in [0.25, 0.3) is 0 Å². The van der Waals surface area contributed by atoms with E-state index in [4.69, 9.17) is 5.73 Å². The number of carbonyl (C=O) groups excluding carboxylic acids is 1. The molecule has 1 aliphatic carbocycles. The molecule has 0 radical (unpaired) electrons. The molecule has 1 saturated carbocycles. The van der Waals surface area contributed by atoms with Crippen LogP contribution in [0.25, 0.3) is 0 Å². The molecule has 1 aromatic rings. The number of hydrogen-bond acceptors (Lipinski definition) is 4. The summed E-state index contributed by atoms with van der Waals surface area (Å²) < 4.78 is 0. The number of nitrogens with one attached hydrogen (secondary N) is 1. The molecule has 0 aromatic carbocycles. The second kappa shape index (κ2) is 4.51. The van der Waals surface area contributed by atoms with Crippen molar-refractivity contribution < 1.29 is 4.79 Å². The van der Waals surface area contributed by atoms with Gasteiger partial charge in [-0.15, -0.1) is 11.3 Å². The van der Waals surface area contributed by atoms with E-state index in [-0.39, 0.29) is 11.9 Å². The maximum Gasteiger partial charge on any atom is 0.237 e. The molecule has 4 nitrogen and oxygen atoms in total. The minimum absolute atomic E-state index is 0.0669. The number of amides is 1. The van der Waals surface area contributed by atoms with Gasteiger partial charge in [-0.05, 0) is 32.6 Å². The van der Waals surface area contributed by atoms with Gasteiger partial charge in [-0.3, -0.25) is 4.79 Å². The minimum atomic E-state index is -0.456. The summed E-state index contributed by atoms with van der Waals surface area (Å²) in [5, 5.41) is 4.00. The zero-order chi connectivity index (χ0) is 11.7. The van der Waals surface area contributed by atoms with Crippen molar-refractivity contribution in [3.05, 3.63) is 16.1 Å². The number of nitrogens with two attached hydrogens (primary N) is 1. The van der Waals surface area contributed by atoms with E-state index in [1.165, 1.54) is 17.7 Å². The van der Waals surface area contributed by atoms with Crippen LogP contribution in [-0.2, 0) is 4.79 Å². The number of nitrogens with zero attached hydrogens (tertiary/aromatic N) is 1. The Morgan fingerprint density at radius 1 is 1.69 bits per heavy atom. The Morgan fingerprint density at radius 3 is 2.81 bits per heavy atom. The summed E-state index contributed by atoms with van der Waals surface area (Å²) >= 11 is 1.65. The normalized spacial score (nSPS) is 19.2. The first-order chi connectivity index (χ1) is 7.58. The van der Waals surface area contributed by atoms with Crippen LogP contribution >= 0.6 is 11.3 Å². The SMILES string of the molecule is Cc1cnc(C(NC(=O)[C@@H](C)N)C2CC2)s1. The van der Waals surface area contributed by atoms with Crippen molar-refractivity contribution in [1.82, 2.24) is 10.3 Å². The molecule has 16 heavy (non-hydrogen) atoms. The quantitative estimate of drug-likeness (QED) is 0.833. The van der Waals surface area contributed by atoms with Crippen molar-refractivity contribution in [3.8, 4) is 0 Å². The van der Waals surface area contributed by atoms with Gasteiger partial charge in [0.2, 0.25) is 5.91 Å². The molecular weight excluding hydrogens is 222 g/mol. The molecule has 1 unspecified atom stereocenters. The lowest BCUT2D eigenvalue weighted by Gasteiger charge is -2.17. The van der Waals surface area contributed by atoms with Crippen LogP contribution in [0.5, 0.6) is 0 Å². The van der Waals surface area contributed by atoms with Crippen LogP contribution in [0.3, 0.4) is 0 Å². The fraction of sp³-hybridized carbons (Fsp3) is 0.636. The molecule has 0 bridgehead atoms. The number of carbonyl (C=O) groups is 1. The molecule has 1 heterocycles. The third-order valence-corrected chi connectivity index (χ3v) is 3.71. The second-order valence-electron chi connectivity index (χ2n) is 4.42. The van der Waals surface area contributed by atoms with Crippen LogP contribution in [-0.4, -0.2) is 16.9 Å². The molecule has 88 valence electrons. The molecule has 1 aromatic heterocycles. The first-order valence-corrected chi connectivity index (χ1v) is 6.38. The van der Waals surface area contributed by atoms with Crippen molar-refractivity contribution in [1.29, 1.82) is 0 Å². The van der Waals surface area contributed by atoms with E-state index in [0.717, 1.165) is 5.01 Å². The van der Waals surface area contributed by atoms with Crippen LogP contribution < -0.4 is 11.1 Å². The van der Waals surface area contributed by atoms with Crippen molar-refractivity contribution in [2.24, 2.45) is 11.7 Å². The van der Waals surface area contributed by atoms with E-state index < -0.39 is 6.04 Å². The van der Waals surface area contributed by atoms with Gasteiger partial charge in [0.05, 0.1) is 12.1 Å². The molecule has 1 fully saturated rings. The summed E-state index contributed by atoms with van der Waals surface area (Å²) in [6.45, 7) is 3.73. The number of aromatic nitrogens is 1. The van der Waals surface area contributed by atoms with Gasteiger partial charge >= 0.3 is 0 Å². The molecule has 5 heteroatoms. The Kier molecular flexibility index (Phi) is 3.25. The minimum Gasteiger partial charge on any atom is -0.345 e. The van der Waals surface area contributed by atoms with Gasteiger partial charge in [-0.25, -0.2) is 4.98 Å². The Labute approximate surface area is 99.3 Å². The van der Waals surface area contributed by atoms with Gasteiger partial charge in [0.15, 0.2) is 0 Å². The van der Waals surface area contributed by atoms with E-state index in [2.05, 4.69) is 10.3 Å². The van der Waals surface area contributed by atoms with Gasteiger partial charge in [-0.2, -0.15) is 0 Å². The highest BCUT2D eigenvalue weighted by Crippen LogP contribution is 2.41. The van der Waals surface area contributed by atoms with Crippen molar-refractivity contribution in [3.63, 3.8) is 0 Å². The van der Waals surface area contributed by atoms with E-state index in [1.807, 2.05) is 13.1 Å². The van der Waals surface area contributed by atoms with Crippen LogP contribution in [0.1, 0.15) is 35.7 Å². The molecular formula is C11H17N3OS. The number of rotatable bonds is 4. The van der Waals surface area contributed by atoms with Crippen LogP contribution in [0.2, 0.25) is 0 Å². The topological polar surface area (TPSA) is 68.0 Å². The monoisotopic (exact) mass is 239 g/mol. The van der Waals surface area contributed by atoms with Crippen LogP contribution in [0, 0.1) is 12.8 Å². The second-order valence-corrected chi connectivity index (χ2v) is 5.69. The lowest BCUT2D eigenvalue weighted by Crippen LogP contribution is -2.40. The summed E-state index contributed by atoms with van der Waals surface area (Å²) in [6.07, 6.45) is 4.19. The number of thiazole rings is 1. The van der Waals surface area contributed by atoms with Crippen molar-refractivity contribution >= 4 is 17.2 Å². The molecule has 2 rings (SSSR count). The average molecular weight is 239 g/mol. The first kappa shape index (κ1) is 11.5. The molecule has 0 aliphatic heterocycles. The summed E-state index contributed by atoms with van der Waals surface area (Å²) in [4.78, 5) is 17.1. The Hall–Kier alpha value is -0.940. The smallest absolute Gasteiger partial charge is 0.237 e. The largest absolute Gasteiger partial charge is 0.345 e. The van der Waals surface area contributed by atoms with E-state index in [9.17, 15) is 4.79 Å². The van der Waals surface area contributed by atoms with Gasteiger partial charge in [-0.1, -0.05) is 0 Å². The number of aryl methyl sites for hydroxylation is 1. The summed E-state index contributed by atoms with van der Waals surface area (Å²) in [6, 6.07) is -0.389. The maximum atomic E-state index is 11.6. The predicted octanol–water partition coefficient (Wildman–Crippen LogP) is 1.37. The summed E-state index contributed by atoms with van der Waals surface area (Å²) in [7, 11) is 0. The van der Waals surface area contributed by atoms with Gasteiger partial charge in [0.1, 0.15) is 5.01 Å². The highest BCUT2D eigenvalue weighted by Gasteiger charge is 2.35. The Morgan fingerprint density at radius 2 is 2.38 bits per heavy atom. The van der Waals surface area contributed by atoms with E-state index in [0.29, 0.717) is 5.92 Å². The number of hydrogen-bond donors (Lipinski definition) is 2. The van der Waals surface area contributed by atoms with Gasteiger partial charge < -0.3 is 11.1 Å². The molecule has 1 aliphatic rings. The fourth-order valence-electron chi connectivity index (χ4n) is 1.61. The van der Waals surface area contributed by atoms with E-state index >= 15 is 0 Å². The van der Waals surface area contributed by atoms with Crippen molar-refractivity contribution in [2.45, 2.75) is 38.8 Å². The molecule has 1 amide bonds. The van der Waals surface area contributed by atoms with Crippen molar-refractivity contribution in [2.75, 3.05) is 0 Å². The summed E-state index contributed by atoms with van der Waals surface area (Å²) in [5.41, 5.74) is 5.56. The average Bonchev–Trinajstić information content (AvgIpc) is 2.97. The Bertz CT molecular complexity index is 384. The van der Waals surface area contributed by atoms with Gasteiger partial charge in [0, 0.05) is 11.1 Å². The summed E-state index contributed by atoms with van der Waals surface area (Å²) in [5.74, 6) is 0.456. The molecule has 0 saturated heterocycles. The third-order valence-electron chi connectivity index (χ3n) is 2.71. The molecule has 3 N–H and O–H groups in total. The third kappa shape index (κ3) is 2.59. The maximum absolute atomic E-state index is 11.6. The fourth-order valence-corrected chi connectivity index (χ4v) is 2.53. The highest BCUT2D eigenvalue weighted by molar-refractivity contribution is 7.11.